The van der Waals surface area contributed by atoms with Crippen molar-refractivity contribution in [2.75, 3.05) is 13.1 Å². The minimum atomic E-state index is 0. The summed E-state index contributed by atoms with van der Waals surface area (Å²) in [6.07, 6.45) is 5.95. The molecule has 1 atom stereocenters. The summed E-state index contributed by atoms with van der Waals surface area (Å²) in [6.45, 7) is 1.86. The zero-order chi connectivity index (χ0) is 15.2. The van der Waals surface area contributed by atoms with Crippen LogP contribution in [0.3, 0.4) is 0 Å². The monoisotopic (exact) mass is 389 g/mol. The molecule has 24 heavy (non-hydrogen) atoms. The Kier molecular flexibility index (Phi) is 9.59. The molecule has 1 aromatic carbocycles. The van der Waals surface area contributed by atoms with Gasteiger partial charge in [0.2, 0.25) is 5.91 Å². The number of rotatable bonds is 7. The Bertz CT molecular complexity index is 596. The molecule has 0 spiro atoms. The van der Waals surface area contributed by atoms with Gasteiger partial charge in [-0.05, 0) is 50.8 Å². The summed E-state index contributed by atoms with van der Waals surface area (Å²) in [5.74, 6) is 0.179. The van der Waals surface area contributed by atoms with Gasteiger partial charge in [0, 0.05) is 19.0 Å². The Morgan fingerprint density at radius 3 is 2.88 bits per heavy atom. The van der Waals surface area contributed by atoms with Crippen molar-refractivity contribution in [3.05, 3.63) is 29.3 Å². The van der Waals surface area contributed by atoms with Crippen molar-refractivity contribution < 1.29 is 4.79 Å². The van der Waals surface area contributed by atoms with E-state index in [1.807, 2.05) is 12.1 Å². The van der Waals surface area contributed by atoms with E-state index in [9.17, 15) is 4.79 Å². The summed E-state index contributed by atoms with van der Waals surface area (Å²) >= 11 is 1.76. The number of carbonyl (C=O) groups excluding carboxylic acids is 1. The maximum atomic E-state index is 11.8. The molecule has 134 valence electrons. The summed E-state index contributed by atoms with van der Waals surface area (Å²) in [4.78, 5) is 16.4. The van der Waals surface area contributed by atoms with Crippen LogP contribution in [-0.2, 0) is 11.2 Å². The number of aryl methyl sites for hydroxylation is 1. The SMILES string of the molecule is Cl.Cl.O=C(CCCCc1nc2ccccc2s1)NCC1CCCN1. The lowest BCUT2D eigenvalue weighted by atomic mass is 10.2. The lowest BCUT2D eigenvalue weighted by Gasteiger charge is -2.11. The van der Waals surface area contributed by atoms with Crippen LogP contribution in [0.25, 0.3) is 10.2 Å². The molecule has 1 aliphatic heterocycles. The smallest absolute Gasteiger partial charge is 0.220 e. The van der Waals surface area contributed by atoms with E-state index in [2.05, 4.69) is 27.8 Å². The molecule has 1 saturated heterocycles. The molecular weight excluding hydrogens is 365 g/mol. The first kappa shape index (κ1) is 21.2. The number of benzene rings is 1. The normalized spacial score (nSPS) is 16.4. The van der Waals surface area contributed by atoms with Gasteiger partial charge in [0.1, 0.15) is 0 Å². The summed E-state index contributed by atoms with van der Waals surface area (Å²) < 4.78 is 1.25. The highest BCUT2D eigenvalue weighted by atomic mass is 35.5. The Balaban J connectivity index is 0.00000144. The average Bonchev–Trinajstić information content (AvgIpc) is 3.18. The number of fused-ring (bicyclic) bond motifs is 1. The summed E-state index contributed by atoms with van der Waals surface area (Å²) in [5, 5.41) is 7.60. The molecule has 2 heterocycles. The van der Waals surface area contributed by atoms with Crippen LogP contribution in [0, 0.1) is 0 Å². The van der Waals surface area contributed by atoms with E-state index in [0.29, 0.717) is 12.5 Å². The Morgan fingerprint density at radius 1 is 1.29 bits per heavy atom. The second kappa shape index (κ2) is 10.9. The van der Waals surface area contributed by atoms with Crippen LogP contribution in [0.2, 0.25) is 0 Å². The highest BCUT2D eigenvalue weighted by molar-refractivity contribution is 7.18. The maximum absolute atomic E-state index is 11.8. The number of aromatic nitrogens is 1. The topological polar surface area (TPSA) is 54.0 Å². The minimum Gasteiger partial charge on any atom is -0.355 e. The van der Waals surface area contributed by atoms with E-state index in [4.69, 9.17) is 0 Å². The molecule has 2 aromatic rings. The summed E-state index contributed by atoms with van der Waals surface area (Å²) in [6, 6.07) is 8.72. The number of nitrogens with zero attached hydrogens (tertiary/aromatic N) is 1. The third kappa shape index (κ3) is 6.20. The number of hydrogen-bond acceptors (Lipinski definition) is 4. The number of para-hydroxylation sites is 1. The lowest BCUT2D eigenvalue weighted by molar-refractivity contribution is -0.121. The number of nitrogens with one attached hydrogen (secondary N) is 2. The minimum absolute atomic E-state index is 0. The molecule has 7 heteroatoms. The first-order valence-corrected chi connectivity index (χ1v) is 8.97. The predicted molar refractivity (Wildman–Crippen MR) is 106 cm³/mol. The molecule has 0 bridgehead atoms. The number of hydrogen-bond donors (Lipinski definition) is 2. The largest absolute Gasteiger partial charge is 0.355 e. The zero-order valence-corrected chi connectivity index (χ0v) is 16.1. The predicted octanol–water partition coefficient (Wildman–Crippen LogP) is 3.72. The molecular formula is C17H25Cl2N3OS. The van der Waals surface area contributed by atoms with Gasteiger partial charge >= 0.3 is 0 Å². The van der Waals surface area contributed by atoms with Crippen molar-refractivity contribution in [1.29, 1.82) is 0 Å². The number of halogens is 2. The van der Waals surface area contributed by atoms with Crippen LogP contribution < -0.4 is 10.6 Å². The van der Waals surface area contributed by atoms with Gasteiger partial charge in [0.05, 0.1) is 15.2 Å². The van der Waals surface area contributed by atoms with Crippen LogP contribution in [0.4, 0.5) is 0 Å². The highest BCUT2D eigenvalue weighted by Crippen LogP contribution is 2.22. The Hall–Kier alpha value is -0.880. The van der Waals surface area contributed by atoms with Crippen molar-refractivity contribution in [2.45, 2.75) is 44.6 Å². The molecule has 1 unspecified atom stereocenters. The fourth-order valence-electron chi connectivity index (χ4n) is 2.85. The van der Waals surface area contributed by atoms with E-state index < -0.39 is 0 Å². The van der Waals surface area contributed by atoms with Gasteiger partial charge < -0.3 is 10.6 Å². The third-order valence-corrected chi connectivity index (χ3v) is 5.19. The van der Waals surface area contributed by atoms with Crippen LogP contribution in [0.5, 0.6) is 0 Å². The van der Waals surface area contributed by atoms with Crippen molar-refractivity contribution in [1.82, 2.24) is 15.6 Å². The van der Waals surface area contributed by atoms with E-state index in [1.165, 1.54) is 22.5 Å². The molecule has 1 aromatic heterocycles. The Labute approximate surface area is 159 Å². The highest BCUT2D eigenvalue weighted by Gasteiger charge is 2.14. The quantitative estimate of drug-likeness (QED) is 0.709. The molecule has 2 N–H and O–H groups in total. The number of unbranched alkanes of at least 4 members (excludes halogenated alkanes) is 1. The van der Waals surface area contributed by atoms with E-state index in [-0.39, 0.29) is 30.7 Å². The van der Waals surface area contributed by atoms with Crippen LogP contribution in [-0.4, -0.2) is 30.0 Å². The summed E-state index contributed by atoms with van der Waals surface area (Å²) in [5.41, 5.74) is 1.09. The Morgan fingerprint density at radius 2 is 2.12 bits per heavy atom. The van der Waals surface area contributed by atoms with Gasteiger partial charge in [0.25, 0.3) is 0 Å². The van der Waals surface area contributed by atoms with Gasteiger partial charge in [-0.2, -0.15) is 0 Å². The van der Waals surface area contributed by atoms with Crippen LogP contribution in [0.1, 0.15) is 37.1 Å². The second-order valence-electron chi connectivity index (χ2n) is 5.88. The third-order valence-electron chi connectivity index (χ3n) is 4.09. The number of thiazole rings is 1. The van der Waals surface area contributed by atoms with Crippen LogP contribution in [0.15, 0.2) is 24.3 Å². The molecule has 4 nitrogen and oxygen atoms in total. The van der Waals surface area contributed by atoms with Crippen molar-refractivity contribution in [2.24, 2.45) is 0 Å². The second-order valence-corrected chi connectivity index (χ2v) is 6.99. The molecule has 1 amide bonds. The van der Waals surface area contributed by atoms with Gasteiger partial charge in [-0.3, -0.25) is 4.79 Å². The average molecular weight is 390 g/mol. The lowest BCUT2D eigenvalue weighted by Crippen LogP contribution is -2.37. The van der Waals surface area contributed by atoms with E-state index in [0.717, 1.165) is 37.9 Å². The fourth-order valence-corrected chi connectivity index (χ4v) is 3.85. The number of carbonyl (C=O) groups is 1. The standard InChI is InChI=1S/C17H23N3OS.2ClH/c21-16(19-12-13-6-5-11-18-13)9-3-4-10-17-20-14-7-1-2-8-15(14)22-17;;/h1-2,7-8,13,18H,3-6,9-12H2,(H,19,21);2*1H. The molecule has 0 saturated carbocycles. The fraction of sp³-hybridized carbons (Fsp3) is 0.529. The molecule has 1 aliphatic rings. The van der Waals surface area contributed by atoms with Crippen molar-refractivity contribution >= 4 is 52.3 Å². The van der Waals surface area contributed by atoms with E-state index in [1.54, 1.807) is 11.3 Å². The molecule has 1 fully saturated rings. The van der Waals surface area contributed by atoms with Gasteiger partial charge in [-0.25, -0.2) is 4.98 Å². The first-order chi connectivity index (χ1) is 10.8. The van der Waals surface area contributed by atoms with Gasteiger partial charge in [-0.1, -0.05) is 12.1 Å². The zero-order valence-electron chi connectivity index (χ0n) is 13.6. The molecule has 0 radical (unpaired) electrons. The van der Waals surface area contributed by atoms with Crippen molar-refractivity contribution in [3.8, 4) is 0 Å². The summed E-state index contributed by atoms with van der Waals surface area (Å²) in [7, 11) is 0. The molecule has 3 rings (SSSR count). The number of amides is 1. The maximum Gasteiger partial charge on any atom is 0.220 e. The van der Waals surface area contributed by atoms with Gasteiger partial charge in [0.15, 0.2) is 0 Å². The first-order valence-electron chi connectivity index (χ1n) is 8.16. The van der Waals surface area contributed by atoms with Crippen molar-refractivity contribution in [3.63, 3.8) is 0 Å². The van der Waals surface area contributed by atoms with Gasteiger partial charge in [-0.15, -0.1) is 36.2 Å². The molecule has 0 aliphatic carbocycles. The van der Waals surface area contributed by atoms with E-state index >= 15 is 0 Å². The van der Waals surface area contributed by atoms with Crippen LogP contribution >= 0.6 is 36.2 Å².